The molecule has 160 valence electrons. The van der Waals surface area contributed by atoms with Gasteiger partial charge in [-0.25, -0.2) is 0 Å². The van der Waals surface area contributed by atoms with E-state index >= 15 is 0 Å². The summed E-state index contributed by atoms with van der Waals surface area (Å²) in [6.45, 7) is 3.74. The number of amides is 2. The van der Waals surface area contributed by atoms with Crippen molar-refractivity contribution in [2.75, 3.05) is 0 Å². The Kier molecular flexibility index (Phi) is 7.55. The lowest BCUT2D eigenvalue weighted by molar-refractivity contribution is -0.124. The van der Waals surface area contributed by atoms with Gasteiger partial charge in [-0.05, 0) is 48.7 Å². The van der Waals surface area contributed by atoms with Crippen molar-refractivity contribution in [3.05, 3.63) is 113 Å². The van der Waals surface area contributed by atoms with E-state index in [2.05, 4.69) is 16.7 Å². The van der Waals surface area contributed by atoms with Crippen molar-refractivity contribution < 1.29 is 9.59 Å². The summed E-state index contributed by atoms with van der Waals surface area (Å²) in [6, 6.07) is 27.4. The van der Waals surface area contributed by atoms with Crippen LogP contribution in [0.3, 0.4) is 0 Å². The number of carbonyl (C=O) groups excluding carboxylic acids is 2. The molecular formula is C27H25N3O2. The lowest BCUT2D eigenvalue weighted by atomic mass is 10.0. The fourth-order valence-electron chi connectivity index (χ4n) is 3.25. The van der Waals surface area contributed by atoms with E-state index in [1.165, 1.54) is 0 Å². The first-order valence-electron chi connectivity index (χ1n) is 10.4. The molecule has 2 atom stereocenters. The van der Waals surface area contributed by atoms with Crippen LogP contribution in [0, 0.1) is 11.3 Å². The first-order chi connectivity index (χ1) is 15.5. The zero-order chi connectivity index (χ0) is 22.9. The van der Waals surface area contributed by atoms with Crippen molar-refractivity contribution in [1.82, 2.24) is 10.6 Å². The van der Waals surface area contributed by atoms with E-state index in [1.807, 2.05) is 74.5 Å². The number of nitriles is 1. The van der Waals surface area contributed by atoms with Crippen LogP contribution in [0.5, 0.6) is 0 Å². The van der Waals surface area contributed by atoms with Gasteiger partial charge in [-0.2, -0.15) is 5.26 Å². The van der Waals surface area contributed by atoms with Gasteiger partial charge >= 0.3 is 0 Å². The molecule has 0 radical (unpaired) electrons. The van der Waals surface area contributed by atoms with Gasteiger partial charge in [-0.1, -0.05) is 72.8 Å². The minimum Gasteiger partial charge on any atom is -0.345 e. The van der Waals surface area contributed by atoms with E-state index in [-0.39, 0.29) is 17.7 Å². The molecule has 0 saturated carbocycles. The van der Waals surface area contributed by atoms with Crippen LogP contribution in [0.15, 0.2) is 90.5 Å². The van der Waals surface area contributed by atoms with Gasteiger partial charge < -0.3 is 10.6 Å². The maximum atomic E-state index is 13.1. The Morgan fingerprint density at radius 2 is 1.19 bits per heavy atom. The smallest absolute Gasteiger partial charge is 0.257 e. The van der Waals surface area contributed by atoms with E-state index < -0.39 is 11.8 Å². The molecular weight excluding hydrogens is 398 g/mol. The number of rotatable bonds is 7. The topological polar surface area (TPSA) is 82.0 Å². The molecule has 0 bridgehead atoms. The Bertz CT molecular complexity index is 1070. The number of nitrogens with zero attached hydrogens (tertiary/aromatic N) is 1. The first-order valence-corrected chi connectivity index (χ1v) is 10.4. The molecule has 2 N–H and O–H groups in total. The van der Waals surface area contributed by atoms with Gasteiger partial charge in [-0.3, -0.25) is 9.59 Å². The van der Waals surface area contributed by atoms with Crippen molar-refractivity contribution in [3.63, 3.8) is 0 Å². The van der Waals surface area contributed by atoms with Gasteiger partial charge in [0.05, 0.1) is 23.7 Å². The molecule has 5 heteroatoms. The predicted molar refractivity (Wildman–Crippen MR) is 125 cm³/mol. The summed E-state index contributed by atoms with van der Waals surface area (Å²) in [6.07, 6.45) is 1.54. The second-order valence-electron chi connectivity index (χ2n) is 7.50. The fraction of sp³-hybridized carbons (Fsp3) is 0.148. The lowest BCUT2D eigenvalue weighted by Gasteiger charge is -2.18. The van der Waals surface area contributed by atoms with Crippen molar-refractivity contribution >= 4 is 17.9 Å². The molecule has 0 aliphatic heterocycles. The fourth-order valence-corrected chi connectivity index (χ4v) is 3.25. The normalized spacial score (nSPS) is 12.0. The van der Waals surface area contributed by atoms with Gasteiger partial charge in [0, 0.05) is 0 Å². The largest absolute Gasteiger partial charge is 0.345 e. The second-order valence-corrected chi connectivity index (χ2v) is 7.50. The zero-order valence-corrected chi connectivity index (χ0v) is 18.1. The highest BCUT2D eigenvalue weighted by molar-refractivity contribution is 6.21. The number of hydrogen-bond acceptors (Lipinski definition) is 3. The summed E-state index contributed by atoms with van der Waals surface area (Å²) in [5, 5.41) is 14.8. The average molecular weight is 424 g/mol. The van der Waals surface area contributed by atoms with E-state index in [0.29, 0.717) is 11.1 Å². The lowest BCUT2D eigenvalue weighted by Crippen LogP contribution is -2.36. The molecule has 5 nitrogen and oxygen atoms in total. The van der Waals surface area contributed by atoms with Gasteiger partial charge in [0.1, 0.15) is 5.57 Å². The van der Waals surface area contributed by atoms with Crippen LogP contribution in [-0.4, -0.2) is 11.8 Å². The SMILES string of the molecule is CC(NC(=O)C(=Cc1ccc(C#N)cc1)C(=O)NC(C)c1ccccc1)c1ccccc1. The molecule has 2 amide bonds. The standard InChI is InChI=1S/C27H25N3O2/c1-19(23-9-5-3-6-10-23)29-26(31)25(17-21-13-15-22(18-28)16-14-21)27(32)30-20(2)24-11-7-4-8-12-24/h3-17,19-20H,1-2H3,(H,29,31)(H,30,32). The Balaban J connectivity index is 1.86. The summed E-state index contributed by atoms with van der Waals surface area (Å²) in [5.41, 5.74) is 3.05. The quantitative estimate of drug-likeness (QED) is 0.328. The van der Waals surface area contributed by atoms with Crippen LogP contribution in [-0.2, 0) is 9.59 Å². The predicted octanol–water partition coefficient (Wildman–Crippen LogP) is 4.70. The Hall–Kier alpha value is -4.17. The number of hydrogen-bond donors (Lipinski definition) is 2. The molecule has 0 aliphatic carbocycles. The molecule has 0 aromatic heterocycles. The highest BCUT2D eigenvalue weighted by Gasteiger charge is 2.22. The van der Waals surface area contributed by atoms with Crippen molar-refractivity contribution in [2.24, 2.45) is 0 Å². The van der Waals surface area contributed by atoms with Crippen molar-refractivity contribution in [2.45, 2.75) is 25.9 Å². The average Bonchev–Trinajstić information content (AvgIpc) is 2.83. The van der Waals surface area contributed by atoms with Crippen LogP contribution in [0.2, 0.25) is 0 Å². The monoisotopic (exact) mass is 423 g/mol. The molecule has 2 unspecified atom stereocenters. The first kappa shape index (κ1) is 22.5. The third-order valence-electron chi connectivity index (χ3n) is 5.13. The molecule has 0 heterocycles. The minimum absolute atomic E-state index is 0.000250. The maximum Gasteiger partial charge on any atom is 0.257 e. The summed E-state index contributed by atoms with van der Waals surface area (Å²) >= 11 is 0. The van der Waals surface area contributed by atoms with Gasteiger partial charge in [0.2, 0.25) is 0 Å². The molecule has 0 saturated heterocycles. The number of nitrogens with one attached hydrogen (secondary N) is 2. The third-order valence-corrected chi connectivity index (χ3v) is 5.13. The van der Waals surface area contributed by atoms with Crippen LogP contribution < -0.4 is 10.6 Å². The van der Waals surface area contributed by atoms with Crippen LogP contribution in [0.25, 0.3) is 6.08 Å². The number of benzene rings is 3. The molecule has 0 aliphatic rings. The maximum absolute atomic E-state index is 13.1. The van der Waals surface area contributed by atoms with Crippen molar-refractivity contribution in [3.8, 4) is 6.07 Å². The van der Waals surface area contributed by atoms with E-state index in [9.17, 15) is 9.59 Å². The second kappa shape index (κ2) is 10.7. The molecule has 0 spiro atoms. The van der Waals surface area contributed by atoms with E-state index in [0.717, 1.165) is 11.1 Å². The van der Waals surface area contributed by atoms with Crippen LogP contribution in [0.4, 0.5) is 0 Å². The van der Waals surface area contributed by atoms with Gasteiger partial charge in [-0.15, -0.1) is 0 Å². The Morgan fingerprint density at radius 1 is 0.750 bits per heavy atom. The molecule has 3 aromatic carbocycles. The highest BCUT2D eigenvalue weighted by Crippen LogP contribution is 2.16. The number of carbonyl (C=O) groups is 2. The third kappa shape index (κ3) is 5.93. The Labute approximate surface area is 188 Å². The van der Waals surface area contributed by atoms with Crippen LogP contribution in [0.1, 0.15) is 48.2 Å². The van der Waals surface area contributed by atoms with E-state index in [4.69, 9.17) is 5.26 Å². The molecule has 3 aromatic rings. The van der Waals surface area contributed by atoms with Gasteiger partial charge in [0.25, 0.3) is 11.8 Å². The minimum atomic E-state index is -0.469. The van der Waals surface area contributed by atoms with Gasteiger partial charge in [0.15, 0.2) is 0 Å². The van der Waals surface area contributed by atoms with Crippen LogP contribution >= 0.6 is 0 Å². The molecule has 32 heavy (non-hydrogen) atoms. The summed E-state index contributed by atoms with van der Waals surface area (Å²) in [5.74, 6) is -0.938. The van der Waals surface area contributed by atoms with E-state index in [1.54, 1.807) is 30.3 Å². The zero-order valence-electron chi connectivity index (χ0n) is 18.1. The van der Waals surface area contributed by atoms with Crippen molar-refractivity contribution in [1.29, 1.82) is 5.26 Å². The molecule has 0 fully saturated rings. The Morgan fingerprint density at radius 3 is 1.59 bits per heavy atom. The summed E-state index contributed by atoms with van der Waals surface area (Å²) in [4.78, 5) is 26.2. The summed E-state index contributed by atoms with van der Waals surface area (Å²) < 4.78 is 0. The summed E-state index contributed by atoms with van der Waals surface area (Å²) in [7, 11) is 0. The molecule has 3 rings (SSSR count). The highest BCUT2D eigenvalue weighted by atomic mass is 16.2.